The van der Waals surface area contributed by atoms with Crippen LogP contribution in [0.1, 0.15) is 31.9 Å². The summed E-state index contributed by atoms with van der Waals surface area (Å²) in [6, 6.07) is 10.3. The van der Waals surface area contributed by atoms with E-state index in [4.69, 9.17) is 4.74 Å². The molecule has 0 aliphatic carbocycles. The van der Waals surface area contributed by atoms with Gasteiger partial charge in [0.05, 0.1) is 12.6 Å². The number of aliphatic imine (C=N–C) groups is 1. The minimum Gasteiger partial charge on any atom is -0.487 e. The predicted octanol–water partition coefficient (Wildman–Crippen LogP) is 2.35. The van der Waals surface area contributed by atoms with Crippen LogP contribution >= 0.6 is 0 Å². The Bertz CT molecular complexity index is 693. The van der Waals surface area contributed by atoms with Crippen molar-refractivity contribution < 1.29 is 4.74 Å². The number of nitrogens with zero attached hydrogens (tertiary/aromatic N) is 3. The molecule has 1 aromatic carbocycles. The summed E-state index contributed by atoms with van der Waals surface area (Å²) in [5.74, 6) is 1.73. The summed E-state index contributed by atoms with van der Waals surface area (Å²) in [6.07, 6.45) is 4.62. The first-order valence-corrected chi connectivity index (χ1v) is 8.30. The summed E-state index contributed by atoms with van der Waals surface area (Å²) in [5.41, 5.74) is 0.965. The highest BCUT2D eigenvalue weighted by atomic mass is 16.5. The van der Waals surface area contributed by atoms with E-state index in [-0.39, 0.29) is 11.6 Å². The van der Waals surface area contributed by atoms with Crippen molar-refractivity contribution in [1.29, 1.82) is 0 Å². The van der Waals surface area contributed by atoms with Crippen LogP contribution in [0.5, 0.6) is 5.75 Å². The Morgan fingerprint density at radius 3 is 2.96 bits per heavy atom. The van der Waals surface area contributed by atoms with Crippen LogP contribution in [0, 0.1) is 0 Å². The molecule has 0 saturated heterocycles. The van der Waals surface area contributed by atoms with E-state index in [0.29, 0.717) is 0 Å². The molecule has 24 heavy (non-hydrogen) atoms. The van der Waals surface area contributed by atoms with Gasteiger partial charge in [-0.1, -0.05) is 18.2 Å². The number of hydrogen-bond acceptors (Lipinski definition) is 3. The lowest BCUT2D eigenvalue weighted by molar-refractivity contribution is 0.0694. The van der Waals surface area contributed by atoms with Crippen molar-refractivity contribution >= 4 is 5.96 Å². The van der Waals surface area contributed by atoms with Crippen LogP contribution in [-0.2, 0) is 6.54 Å². The Morgan fingerprint density at radius 2 is 2.21 bits per heavy atom. The summed E-state index contributed by atoms with van der Waals surface area (Å²) >= 11 is 0. The number of fused-ring (bicyclic) bond motifs is 1. The van der Waals surface area contributed by atoms with Crippen molar-refractivity contribution in [2.24, 2.45) is 4.99 Å². The van der Waals surface area contributed by atoms with E-state index in [2.05, 4.69) is 40.6 Å². The highest BCUT2D eigenvalue weighted by Crippen LogP contribution is 2.39. The van der Waals surface area contributed by atoms with Crippen molar-refractivity contribution in [3.63, 3.8) is 0 Å². The zero-order valence-corrected chi connectivity index (χ0v) is 14.5. The van der Waals surface area contributed by atoms with E-state index < -0.39 is 0 Å². The van der Waals surface area contributed by atoms with Gasteiger partial charge in [0.25, 0.3) is 0 Å². The standard InChI is InChI=1S/C18H25N5O/c1-18(2)13-15(14-7-4-5-8-16(14)24-18)22-17(19-3)20-10-12-23-11-6-9-21-23/h4-9,11,15H,10,12-13H2,1-3H3,(H2,19,20,22). The Labute approximate surface area is 142 Å². The van der Waals surface area contributed by atoms with Gasteiger partial charge in [0.15, 0.2) is 5.96 Å². The Hall–Kier alpha value is -2.50. The second-order valence-electron chi connectivity index (χ2n) is 6.57. The van der Waals surface area contributed by atoms with Gasteiger partial charge in [-0.25, -0.2) is 0 Å². The lowest BCUT2D eigenvalue weighted by Crippen LogP contribution is -2.45. The van der Waals surface area contributed by atoms with Gasteiger partial charge >= 0.3 is 0 Å². The van der Waals surface area contributed by atoms with Gasteiger partial charge in [-0.3, -0.25) is 9.67 Å². The van der Waals surface area contributed by atoms with Crippen molar-refractivity contribution in [3.05, 3.63) is 48.3 Å². The van der Waals surface area contributed by atoms with Gasteiger partial charge in [-0.05, 0) is 26.0 Å². The monoisotopic (exact) mass is 327 g/mol. The van der Waals surface area contributed by atoms with E-state index in [1.807, 2.05) is 35.1 Å². The maximum Gasteiger partial charge on any atom is 0.191 e. The van der Waals surface area contributed by atoms with E-state index in [1.54, 1.807) is 13.2 Å². The molecule has 2 N–H and O–H groups in total. The number of aromatic nitrogens is 2. The van der Waals surface area contributed by atoms with Gasteiger partial charge < -0.3 is 15.4 Å². The highest BCUT2D eigenvalue weighted by Gasteiger charge is 2.33. The maximum absolute atomic E-state index is 6.08. The van der Waals surface area contributed by atoms with Crippen LogP contribution in [0.25, 0.3) is 0 Å². The van der Waals surface area contributed by atoms with E-state index >= 15 is 0 Å². The summed E-state index contributed by atoms with van der Waals surface area (Å²) in [5, 5.41) is 11.1. The molecule has 0 spiro atoms. The third-order valence-electron chi connectivity index (χ3n) is 4.10. The van der Waals surface area contributed by atoms with Crippen LogP contribution in [0.15, 0.2) is 47.7 Å². The van der Waals surface area contributed by atoms with Gasteiger partial charge in [0.1, 0.15) is 11.4 Å². The molecule has 0 fully saturated rings. The Kier molecular flexibility index (Phi) is 4.74. The molecular weight excluding hydrogens is 302 g/mol. The second kappa shape index (κ2) is 6.95. The number of benzene rings is 1. The highest BCUT2D eigenvalue weighted by molar-refractivity contribution is 5.80. The normalized spacial score (nSPS) is 19.3. The smallest absolute Gasteiger partial charge is 0.191 e. The van der Waals surface area contributed by atoms with Crippen LogP contribution in [0.4, 0.5) is 0 Å². The van der Waals surface area contributed by atoms with Gasteiger partial charge in [-0.15, -0.1) is 0 Å². The van der Waals surface area contributed by atoms with Gasteiger partial charge in [0, 0.05) is 38.0 Å². The first-order valence-electron chi connectivity index (χ1n) is 8.30. The van der Waals surface area contributed by atoms with Crippen LogP contribution in [-0.4, -0.2) is 34.9 Å². The number of hydrogen-bond donors (Lipinski definition) is 2. The van der Waals surface area contributed by atoms with Gasteiger partial charge in [0.2, 0.25) is 0 Å². The molecule has 1 aliphatic heterocycles. The topological polar surface area (TPSA) is 63.5 Å². The minimum absolute atomic E-state index is 0.167. The van der Waals surface area contributed by atoms with Crippen LogP contribution < -0.4 is 15.4 Å². The Balaban J connectivity index is 1.64. The second-order valence-corrected chi connectivity index (χ2v) is 6.57. The third-order valence-corrected chi connectivity index (χ3v) is 4.10. The zero-order chi connectivity index (χ0) is 17.0. The molecule has 1 atom stereocenters. The van der Waals surface area contributed by atoms with Crippen molar-refractivity contribution in [3.8, 4) is 5.75 Å². The molecule has 3 rings (SSSR count). The molecule has 1 aliphatic rings. The largest absolute Gasteiger partial charge is 0.487 e. The van der Waals surface area contributed by atoms with Crippen LogP contribution in [0.3, 0.4) is 0 Å². The molecule has 0 saturated carbocycles. The molecule has 6 heteroatoms. The van der Waals surface area contributed by atoms with E-state index in [9.17, 15) is 0 Å². The maximum atomic E-state index is 6.08. The minimum atomic E-state index is -0.208. The number of rotatable bonds is 4. The van der Waals surface area contributed by atoms with E-state index in [1.165, 1.54) is 5.56 Å². The first-order chi connectivity index (χ1) is 11.6. The fraction of sp³-hybridized carbons (Fsp3) is 0.444. The van der Waals surface area contributed by atoms with Crippen molar-refractivity contribution in [2.45, 2.75) is 38.5 Å². The van der Waals surface area contributed by atoms with E-state index in [0.717, 1.165) is 31.2 Å². The average molecular weight is 327 g/mol. The average Bonchev–Trinajstić information content (AvgIpc) is 3.06. The van der Waals surface area contributed by atoms with Gasteiger partial charge in [-0.2, -0.15) is 5.10 Å². The van der Waals surface area contributed by atoms with Crippen molar-refractivity contribution in [1.82, 2.24) is 20.4 Å². The summed E-state index contributed by atoms with van der Waals surface area (Å²) in [7, 11) is 1.79. The first kappa shape index (κ1) is 16.4. The molecule has 2 heterocycles. The molecule has 0 bridgehead atoms. The molecule has 2 aromatic rings. The molecule has 6 nitrogen and oxygen atoms in total. The molecule has 0 radical (unpaired) electrons. The number of ether oxygens (including phenoxy) is 1. The van der Waals surface area contributed by atoms with Crippen molar-refractivity contribution in [2.75, 3.05) is 13.6 Å². The number of guanidine groups is 1. The lowest BCUT2D eigenvalue weighted by Gasteiger charge is -2.38. The lowest BCUT2D eigenvalue weighted by atomic mass is 9.90. The quantitative estimate of drug-likeness (QED) is 0.668. The summed E-state index contributed by atoms with van der Waals surface area (Å²) < 4.78 is 7.98. The van der Waals surface area contributed by atoms with Crippen LogP contribution in [0.2, 0.25) is 0 Å². The zero-order valence-electron chi connectivity index (χ0n) is 14.5. The molecular formula is C18H25N5O. The summed E-state index contributed by atoms with van der Waals surface area (Å²) in [6.45, 7) is 5.79. The SMILES string of the molecule is CN=C(NCCn1cccn1)NC1CC(C)(C)Oc2ccccc21. The predicted molar refractivity (Wildman–Crippen MR) is 95.2 cm³/mol. The summed E-state index contributed by atoms with van der Waals surface area (Å²) in [4.78, 5) is 4.35. The number of para-hydroxylation sites is 1. The number of nitrogens with one attached hydrogen (secondary N) is 2. The fourth-order valence-corrected chi connectivity index (χ4v) is 3.01. The third kappa shape index (κ3) is 3.88. The molecule has 1 aromatic heterocycles. The fourth-order valence-electron chi connectivity index (χ4n) is 3.01. The molecule has 1 unspecified atom stereocenters. The Morgan fingerprint density at radius 1 is 1.38 bits per heavy atom. The molecule has 128 valence electrons. The molecule has 0 amide bonds.